The molecule has 1 aromatic heterocycles. The maximum absolute atomic E-state index is 12.6. The Hall–Kier alpha value is -3.48. The van der Waals surface area contributed by atoms with Gasteiger partial charge in [-0.3, -0.25) is 19.2 Å². The maximum Gasteiger partial charge on any atom is 0.326 e. The summed E-state index contributed by atoms with van der Waals surface area (Å²) >= 11 is 0. The molecule has 1 heterocycles. The zero-order valence-electron chi connectivity index (χ0n) is 16.5. The summed E-state index contributed by atoms with van der Waals surface area (Å²) in [7, 11) is 0. The molecule has 0 saturated heterocycles. The molecule has 0 radical (unpaired) electrons. The van der Waals surface area contributed by atoms with Crippen LogP contribution in [0, 0.1) is 5.92 Å². The Morgan fingerprint density at radius 1 is 1.07 bits per heavy atom. The van der Waals surface area contributed by atoms with Gasteiger partial charge in [0.15, 0.2) is 0 Å². The first-order valence-corrected chi connectivity index (χ1v) is 9.07. The van der Waals surface area contributed by atoms with Crippen molar-refractivity contribution in [3.63, 3.8) is 0 Å². The number of nitrogens with one attached hydrogen (secondary N) is 4. The number of rotatable bonds is 12. The second-order valence-corrected chi connectivity index (χ2v) is 6.83. The number of nitrogens with two attached hydrogens (primary N) is 1. The normalized spacial score (nSPS) is 13.7. The molecule has 0 fully saturated rings. The molecule has 13 nitrogen and oxygen atoms in total. The van der Waals surface area contributed by atoms with Crippen LogP contribution < -0.4 is 21.7 Å². The van der Waals surface area contributed by atoms with Crippen LogP contribution in [0.15, 0.2) is 12.5 Å². The lowest BCUT2D eigenvalue weighted by Gasteiger charge is -2.26. The summed E-state index contributed by atoms with van der Waals surface area (Å²) in [4.78, 5) is 65.6. The van der Waals surface area contributed by atoms with E-state index in [1.807, 2.05) is 0 Å². The second-order valence-electron chi connectivity index (χ2n) is 6.83. The van der Waals surface area contributed by atoms with Crippen LogP contribution in [0.1, 0.15) is 26.0 Å². The molecule has 166 valence electrons. The van der Waals surface area contributed by atoms with Gasteiger partial charge in [0.2, 0.25) is 17.7 Å². The fraction of sp³-hybridized carbons (Fsp3) is 0.529. The molecule has 3 atom stereocenters. The topological polar surface area (TPSA) is 217 Å². The Morgan fingerprint density at radius 2 is 1.73 bits per heavy atom. The number of carbonyl (C=O) groups is 5. The highest BCUT2D eigenvalue weighted by atomic mass is 16.4. The van der Waals surface area contributed by atoms with E-state index in [0.717, 1.165) is 0 Å². The molecule has 0 aliphatic heterocycles. The summed E-state index contributed by atoms with van der Waals surface area (Å²) in [6, 6.07) is -3.91. The van der Waals surface area contributed by atoms with E-state index < -0.39 is 66.7 Å². The van der Waals surface area contributed by atoms with Crippen molar-refractivity contribution in [2.24, 2.45) is 11.7 Å². The summed E-state index contributed by atoms with van der Waals surface area (Å²) < 4.78 is 0. The van der Waals surface area contributed by atoms with Gasteiger partial charge >= 0.3 is 11.9 Å². The number of hydrogen-bond acceptors (Lipinski definition) is 7. The summed E-state index contributed by atoms with van der Waals surface area (Å²) in [5.41, 5.74) is 5.65. The van der Waals surface area contributed by atoms with Crippen molar-refractivity contribution >= 4 is 29.7 Å². The van der Waals surface area contributed by atoms with E-state index in [0.29, 0.717) is 5.69 Å². The van der Waals surface area contributed by atoms with Gasteiger partial charge in [0.1, 0.15) is 18.1 Å². The predicted molar refractivity (Wildman–Crippen MR) is 102 cm³/mol. The highest BCUT2D eigenvalue weighted by Crippen LogP contribution is 2.06. The van der Waals surface area contributed by atoms with Gasteiger partial charge in [-0.25, -0.2) is 9.78 Å². The van der Waals surface area contributed by atoms with Gasteiger partial charge in [0.05, 0.1) is 19.3 Å². The molecule has 1 aromatic rings. The molecule has 8 N–H and O–H groups in total. The monoisotopic (exact) mass is 426 g/mol. The molecule has 0 bridgehead atoms. The molecule has 0 saturated carbocycles. The SMILES string of the molecule is CC(C)C(NC(=O)C(CC(=O)O)NC(=O)CN)C(=O)NC(Cc1cnc[nH]1)C(=O)O. The van der Waals surface area contributed by atoms with E-state index in [1.54, 1.807) is 13.8 Å². The number of H-pyrrole nitrogens is 1. The fourth-order valence-corrected chi connectivity index (χ4v) is 2.50. The number of carboxylic acid groups (broad SMARTS) is 2. The molecule has 0 spiro atoms. The minimum absolute atomic E-state index is 0.0615. The van der Waals surface area contributed by atoms with Crippen molar-refractivity contribution in [3.05, 3.63) is 18.2 Å². The lowest BCUT2D eigenvalue weighted by atomic mass is 10.0. The Morgan fingerprint density at radius 3 is 2.20 bits per heavy atom. The van der Waals surface area contributed by atoms with Crippen molar-refractivity contribution in [3.8, 4) is 0 Å². The highest BCUT2D eigenvalue weighted by Gasteiger charge is 2.32. The van der Waals surface area contributed by atoms with E-state index in [4.69, 9.17) is 10.8 Å². The molecule has 0 aromatic carbocycles. The number of aromatic nitrogens is 2. The van der Waals surface area contributed by atoms with Crippen LogP contribution in [-0.4, -0.2) is 74.5 Å². The van der Waals surface area contributed by atoms with Crippen molar-refractivity contribution < 1.29 is 34.2 Å². The molecule has 30 heavy (non-hydrogen) atoms. The third-order valence-corrected chi connectivity index (χ3v) is 4.06. The standard InChI is InChI=1S/C17H26N6O7/c1-8(2)14(23-15(27)10(4-13(25)26)21-12(24)5-18)16(28)22-11(17(29)30)3-9-6-19-7-20-9/h6-8,10-11,14H,3-5,18H2,1-2H3,(H,19,20)(H,21,24)(H,22,28)(H,23,27)(H,25,26)(H,29,30). The van der Waals surface area contributed by atoms with Crippen LogP contribution in [0.25, 0.3) is 0 Å². The van der Waals surface area contributed by atoms with Crippen molar-refractivity contribution in [1.82, 2.24) is 25.9 Å². The number of aromatic amines is 1. The van der Waals surface area contributed by atoms with Crippen LogP contribution in [0.2, 0.25) is 0 Å². The first-order chi connectivity index (χ1) is 14.0. The smallest absolute Gasteiger partial charge is 0.326 e. The molecule has 0 aliphatic carbocycles. The largest absolute Gasteiger partial charge is 0.481 e. The van der Waals surface area contributed by atoms with E-state index in [-0.39, 0.29) is 6.42 Å². The Bertz CT molecular complexity index is 765. The van der Waals surface area contributed by atoms with Crippen molar-refractivity contribution in [2.45, 2.75) is 44.8 Å². The molecule has 1 rings (SSSR count). The molecule has 13 heteroatoms. The van der Waals surface area contributed by atoms with E-state index in [1.165, 1.54) is 12.5 Å². The summed E-state index contributed by atoms with van der Waals surface area (Å²) in [5.74, 6) is -5.52. The average molecular weight is 426 g/mol. The van der Waals surface area contributed by atoms with Crippen molar-refractivity contribution in [2.75, 3.05) is 6.54 Å². The van der Waals surface area contributed by atoms with E-state index in [9.17, 15) is 29.1 Å². The maximum atomic E-state index is 12.6. The Kier molecular flexibility index (Phi) is 9.42. The molecule has 3 amide bonds. The van der Waals surface area contributed by atoms with Crippen molar-refractivity contribution in [1.29, 1.82) is 0 Å². The molecular weight excluding hydrogens is 400 g/mol. The lowest BCUT2D eigenvalue weighted by molar-refractivity contribution is -0.143. The summed E-state index contributed by atoms with van der Waals surface area (Å²) in [6.07, 6.45) is 2.00. The van der Waals surface area contributed by atoms with Gasteiger partial charge in [-0.1, -0.05) is 13.8 Å². The molecular formula is C17H26N6O7. The first kappa shape index (κ1) is 24.6. The van der Waals surface area contributed by atoms with E-state index in [2.05, 4.69) is 25.9 Å². The van der Waals surface area contributed by atoms with Crippen LogP contribution >= 0.6 is 0 Å². The van der Waals surface area contributed by atoms with Gasteiger partial charge in [-0.05, 0) is 5.92 Å². The third kappa shape index (κ3) is 7.87. The second kappa shape index (κ2) is 11.5. The Balaban J connectivity index is 2.90. The quantitative estimate of drug-likeness (QED) is 0.189. The van der Waals surface area contributed by atoms with Crippen LogP contribution in [0.4, 0.5) is 0 Å². The zero-order valence-corrected chi connectivity index (χ0v) is 16.5. The van der Waals surface area contributed by atoms with Gasteiger partial charge in [0, 0.05) is 18.3 Å². The molecule has 3 unspecified atom stereocenters. The number of amides is 3. The number of carboxylic acids is 2. The van der Waals surface area contributed by atoms with E-state index >= 15 is 0 Å². The van der Waals surface area contributed by atoms with Crippen LogP contribution in [0.3, 0.4) is 0 Å². The van der Waals surface area contributed by atoms with Gasteiger partial charge in [0.25, 0.3) is 0 Å². The predicted octanol–water partition coefficient (Wildman–Crippen LogP) is -2.42. The van der Waals surface area contributed by atoms with Gasteiger partial charge in [-0.15, -0.1) is 0 Å². The number of imidazole rings is 1. The summed E-state index contributed by atoms with van der Waals surface area (Å²) in [5, 5.41) is 25.2. The zero-order chi connectivity index (χ0) is 22.8. The first-order valence-electron chi connectivity index (χ1n) is 9.07. The Labute approximate surface area is 171 Å². The third-order valence-electron chi connectivity index (χ3n) is 4.06. The number of hydrogen-bond donors (Lipinski definition) is 7. The highest BCUT2D eigenvalue weighted by molar-refractivity contribution is 5.95. The minimum atomic E-state index is -1.45. The fourth-order valence-electron chi connectivity index (χ4n) is 2.50. The van der Waals surface area contributed by atoms with Gasteiger partial charge in [-0.2, -0.15) is 0 Å². The van der Waals surface area contributed by atoms with Crippen LogP contribution in [0.5, 0.6) is 0 Å². The number of aliphatic carboxylic acids is 2. The molecule has 0 aliphatic rings. The number of nitrogens with zero attached hydrogens (tertiary/aromatic N) is 1. The minimum Gasteiger partial charge on any atom is -0.481 e. The summed E-state index contributed by atoms with van der Waals surface area (Å²) in [6.45, 7) is 2.77. The van der Waals surface area contributed by atoms with Crippen LogP contribution in [-0.2, 0) is 30.4 Å². The van der Waals surface area contributed by atoms with Gasteiger partial charge < -0.3 is 36.9 Å². The number of carbonyl (C=O) groups excluding carboxylic acids is 3. The average Bonchev–Trinajstić information content (AvgIpc) is 3.16. The lowest BCUT2D eigenvalue weighted by Crippen LogP contribution is -2.58.